The van der Waals surface area contributed by atoms with E-state index < -0.39 is 15.1 Å². The van der Waals surface area contributed by atoms with Gasteiger partial charge in [0.05, 0.1) is 10.1 Å². The summed E-state index contributed by atoms with van der Waals surface area (Å²) in [4.78, 5) is 13.2. The number of aromatic hydroxyl groups is 1. The van der Waals surface area contributed by atoms with Crippen molar-refractivity contribution in [1.29, 1.82) is 0 Å². The second kappa shape index (κ2) is 10.7. The van der Waals surface area contributed by atoms with Crippen molar-refractivity contribution in [3.05, 3.63) is 90.8 Å². The van der Waals surface area contributed by atoms with Crippen molar-refractivity contribution in [1.82, 2.24) is 14.8 Å². The summed E-state index contributed by atoms with van der Waals surface area (Å²) < 4.78 is 27.8. The summed E-state index contributed by atoms with van der Waals surface area (Å²) in [5.41, 5.74) is 1.18. The number of hydrogen-bond donors (Lipinski definition) is 2. The number of benzene rings is 3. The molecule has 10 heteroatoms. The predicted octanol–water partition coefficient (Wildman–Crippen LogP) is 4.46. The van der Waals surface area contributed by atoms with Crippen molar-refractivity contribution in [2.24, 2.45) is 0 Å². The third-order valence-electron chi connectivity index (χ3n) is 5.16. The fourth-order valence-corrected chi connectivity index (χ4v) is 5.70. The Morgan fingerprint density at radius 1 is 1.00 bits per heavy atom. The first-order valence-electron chi connectivity index (χ1n) is 10.9. The number of thioether (sulfide) groups is 1. The molecule has 1 amide bonds. The normalized spacial score (nSPS) is 12.3. The van der Waals surface area contributed by atoms with Gasteiger partial charge in [-0.3, -0.25) is 9.36 Å². The number of hydrogen-bond acceptors (Lipinski definition) is 7. The molecule has 0 aliphatic heterocycles. The molecule has 8 nitrogen and oxygen atoms in total. The van der Waals surface area contributed by atoms with E-state index in [0.29, 0.717) is 23.0 Å². The second-order valence-corrected chi connectivity index (χ2v) is 10.9. The van der Waals surface area contributed by atoms with E-state index in [-0.39, 0.29) is 28.1 Å². The van der Waals surface area contributed by atoms with Gasteiger partial charge < -0.3 is 10.4 Å². The summed E-state index contributed by atoms with van der Waals surface area (Å²) >= 11 is 1.20. The van der Waals surface area contributed by atoms with Crippen LogP contribution >= 0.6 is 11.8 Å². The molecule has 2 N–H and O–H groups in total. The molecule has 1 atom stereocenters. The first kappa shape index (κ1) is 24.5. The van der Waals surface area contributed by atoms with Crippen LogP contribution in [0.5, 0.6) is 5.75 Å². The molecule has 0 aliphatic rings. The molecule has 35 heavy (non-hydrogen) atoms. The highest BCUT2D eigenvalue weighted by atomic mass is 32.2. The van der Waals surface area contributed by atoms with Gasteiger partial charge in [-0.05, 0) is 42.8 Å². The van der Waals surface area contributed by atoms with Crippen LogP contribution in [-0.2, 0) is 20.4 Å². The number of aromatic nitrogens is 3. The third kappa shape index (κ3) is 5.90. The molecule has 0 saturated heterocycles. The summed E-state index contributed by atoms with van der Waals surface area (Å²) in [5, 5.41) is 20.8. The molecular weight excluding hydrogens is 484 g/mol. The Morgan fingerprint density at radius 3 is 2.34 bits per heavy atom. The summed E-state index contributed by atoms with van der Waals surface area (Å²) in [6.45, 7) is 1.88. The van der Waals surface area contributed by atoms with Gasteiger partial charge in [-0.1, -0.05) is 61.2 Å². The zero-order chi connectivity index (χ0) is 24.8. The minimum atomic E-state index is -3.66. The van der Waals surface area contributed by atoms with E-state index in [4.69, 9.17) is 0 Å². The molecule has 1 heterocycles. The molecule has 1 aromatic heterocycles. The molecule has 0 spiro atoms. The number of carbonyl (C=O) groups excluding carboxylic acids is 1. The standard InChI is InChI=1S/C25H24N4O4S2/c1-2-22(24(31)26-18-10-9-13-20(30)16-18)34-25-28-27-23(29(25)19-11-5-3-6-12-19)17-35(32,33)21-14-7-4-8-15-21/h3-16,22,30H,2,17H2,1H3,(H,26,31). The van der Waals surface area contributed by atoms with Gasteiger partial charge in [0.2, 0.25) is 5.91 Å². The Balaban J connectivity index is 1.64. The van der Waals surface area contributed by atoms with Crippen molar-refractivity contribution >= 4 is 33.2 Å². The maximum absolute atomic E-state index is 13.0. The molecule has 1 unspecified atom stereocenters. The molecule has 3 aromatic carbocycles. The van der Waals surface area contributed by atoms with Crippen molar-refractivity contribution in [2.75, 3.05) is 5.32 Å². The van der Waals surface area contributed by atoms with E-state index >= 15 is 0 Å². The van der Waals surface area contributed by atoms with E-state index in [1.807, 2.05) is 37.3 Å². The average Bonchev–Trinajstić information content (AvgIpc) is 3.24. The number of phenolic OH excluding ortho intramolecular Hbond substituents is 1. The summed E-state index contributed by atoms with van der Waals surface area (Å²) in [6, 6.07) is 23.7. The van der Waals surface area contributed by atoms with Crippen LogP contribution in [0.3, 0.4) is 0 Å². The van der Waals surface area contributed by atoms with E-state index in [1.54, 1.807) is 47.0 Å². The maximum atomic E-state index is 13.0. The minimum Gasteiger partial charge on any atom is -0.508 e. The van der Waals surface area contributed by atoms with Gasteiger partial charge >= 0.3 is 0 Å². The first-order valence-corrected chi connectivity index (χ1v) is 13.4. The number of anilines is 1. The quantitative estimate of drug-likeness (QED) is 0.321. The van der Waals surface area contributed by atoms with Gasteiger partial charge in [-0.15, -0.1) is 10.2 Å². The minimum absolute atomic E-state index is 0.0524. The molecule has 4 rings (SSSR count). The van der Waals surface area contributed by atoms with E-state index in [2.05, 4.69) is 15.5 Å². The highest BCUT2D eigenvalue weighted by Crippen LogP contribution is 2.30. The number of phenols is 1. The highest BCUT2D eigenvalue weighted by Gasteiger charge is 2.26. The number of nitrogens with zero attached hydrogens (tertiary/aromatic N) is 3. The van der Waals surface area contributed by atoms with Crippen LogP contribution in [0.25, 0.3) is 5.69 Å². The second-order valence-electron chi connectivity index (χ2n) is 7.70. The van der Waals surface area contributed by atoms with Gasteiger partial charge in [0.15, 0.2) is 20.8 Å². The summed E-state index contributed by atoms with van der Waals surface area (Å²) in [6.07, 6.45) is 0.495. The van der Waals surface area contributed by atoms with Gasteiger partial charge in [0.25, 0.3) is 0 Å². The molecule has 180 valence electrons. The van der Waals surface area contributed by atoms with Gasteiger partial charge in [-0.25, -0.2) is 8.42 Å². The summed E-state index contributed by atoms with van der Waals surface area (Å²) in [7, 11) is -3.66. The molecule has 0 bridgehead atoms. The molecule has 4 aromatic rings. The number of rotatable bonds is 9. The zero-order valence-corrected chi connectivity index (χ0v) is 20.5. The lowest BCUT2D eigenvalue weighted by atomic mass is 10.2. The fourth-order valence-electron chi connectivity index (χ4n) is 3.44. The van der Waals surface area contributed by atoms with Gasteiger partial charge in [0.1, 0.15) is 11.5 Å². The average molecular weight is 509 g/mol. The fraction of sp³-hybridized carbons (Fsp3) is 0.160. The van der Waals surface area contributed by atoms with Crippen molar-refractivity contribution in [3.63, 3.8) is 0 Å². The van der Waals surface area contributed by atoms with Crippen LogP contribution in [0.4, 0.5) is 5.69 Å². The van der Waals surface area contributed by atoms with Crippen molar-refractivity contribution in [3.8, 4) is 11.4 Å². The van der Waals surface area contributed by atoms with Crippen LogP contribution in [0.1, 0.15) is 19.2 Å². The monoisotopic (exact) mass is 508 g/mol. The predicted molar refractivity (Wildman–Crippen MR) is 135 cm³/mol. The molecule has 0 radical (unpaired) electrons. The van der Waals surface area contributed by atoms with Crippen LogP contribution in [-0.4, -0.2) is 39.4 Å². The highest BCUT2D eigenvalue weighted by molar-refractivity contribution is 8.00. The summed E-state index contributed by atoms with van der Waals surface area (Å²) in [5.74, 6) is -0.294. The van der Waals surface area contributed by atoms with E-state index in [0.717, 1.165) is 0 Å². The van der Waals surface area contributed by atoms with Crippen molar-refractivity contribution in [2.45, 2.75) is 34.4 Å². The number of carbonyl (C=O) groups is 1. The SMILES string of the molecule is CCC(Sc1nnc(CS(=O)(=O)c2ccccc2)n1-c1ccccc1)C(=O)Nc1cccc(O)c1. The lowest BCUT2D eigenvalue weighted by molar-refractivity contribution is -0.115. The third-order valence-corrected chi connectivity index (χ3v) is 8.10. The van der Waals surface area contributed by atoms with E-state index in [1.165, 1.54) is 23.9 Å². The number of sulfone groups is 1. The molecule has 0 saturated carbocycles. The molecule has 0 fully saturated rings. The smallest absolute Gasteiger partial charge is 0.237 e. The Hall–Kier alpha value is -3.63. The van der Waals surface area contributed by atoms with Crippen LogP contribution in [0.15, 0.2) is 95.0 Å². The van der Waals surface area contributed by atoms with Crippen LogP contribution in [0, 0.1) is 0 Å². The lowest BCUT2D eigenvalue weighted by Crippen LogP contribution is -2.25. The Morgan fingerprint density at radius 2 is 1.69 bits per heavy atom. The van der Waals surface area contributed by atoms with Crippen LogP contribution in [0.2, 0.25) is 0 Å². The Kier molecular flexibility index (Phi) is 7.52. The Labute approximate surface area is 208 Å². The van der Waals surface area contributed by atoms with Crippen LogP contribution < -0.4 is 5.32 Å². The topological polar surface area (TPSA) is 114 Å². The number of para-hydroxylation sites is 1. The van der Waals surface area contributed by atoms with Crippen molar-refractivity contribution < 1.29 is 18.3 Å². The lowest BCUT2D eigenvalue weighted by Gasteiger charge is -2.16. The maximum Gasteiger partial charge on any atom is 0.237 e. The molecular formula is C25H24N4O4S2. The zero-order valence-electron chi connectivity index (χ0n) is 18.9. The molecule has 0 aliphatic carbocycles. The van der Waals surface area contributed by atoms with E-state index in [9.17, 15) is 18.3 Å². The van der Waals surface area contributed by atoms with Gasteiger partial charge in [0, 0.05) is 17.4 Å². The van der Waals surface area contributed by atoms with Gasteiger partial charge in [-0.2, -0.15) is 0 Å². The number of amides is 1. The first-order chi connectivity index (χ1) is 16.9. The Bertz CT molecular complexity index is 1410. The largest absolute Gasteiger partial charge is 0.508 e. The number of nitrogens with one attached hydrogen (secondary N) is 1.